The molecule has 0 spiro atoms. The molecule has 1 atom stereocenters. The number of benzene rings is 2. The van der Waals surface area contributed by atoms with Crippen LogP contribution in [0.15, 0.2) is 47.4 Å². The number of anilines is 2. The number of hydrogen-bond donors (Lipinski definition) is 0. The molecular weight excluding hydrogens is 416 g/mol. The minimum Gasteiger partial charge on any atom is -0.446 e. The fourth-order valence-electron chi connectivity index (χ4n) is 3.74. The first-order chi connectivity index (χ1) is 14.5. The SMILES string of the molecule is CCS(=O)(=O)c1ccc(-c2ccc3c(c2)N(C(=O)OC(C)C)C[C@H](C)N3C(C)=O)cc1. The smallest absolute Gasteiger partial charge is 0.414 e. The highest BCUT2D eigenvalue weighted by atomic mass is 32.2. The summed E-state index contributed by atoms with van der Waals surface area (Å²) in [5.74, 6) is -0.0653. The van der Waals surface area contributed by atoms with Crippen molar-refractivity contribution in [1.82, 2.24) is 0 Å². The molecule has 0 N–H and O–H groups in total. The lowest BCUT2D eigenvalue weighted by Gasteiger charge is -2.40. The first kappa shape index (κ1) is 22.8. The van der Waals surface area contributed by atoms with Crippen molar-refractivity contribution < 1.29 is 22.7 Å². The number of rotatable bonds is 4. The van der Waals surface area contributed by atoms with Gasteiger partial charge in [0, 0.05) is 13.5 Å². The van der Waals surface area contributed by atoms with Crippen LogP contribution in [0.25, 0.3) is 11.1 Å². The van der Waals surface area contributed by atoms with Gasteiger partial charge in [-0.05, 0) is 56.2 Å². The van der Waals surface area contributed by atoms with Crippen LogP contribution in [-0.4, -0.2) is 44.9 Å². The molecule has 0 aliphatic carbocycles. The Hall–Kier alpha value is -2.87. The number of nitrogens with zero attached hydrogens (tertiary/aromatic N) is 2. The van der Waals surface area contributed by atoms with Crippen LogP contribution in [-0.2, 0) is 19.4 Å². The molecule has 2 amide bonds. The minimum atomic E-state index is -3.28. The van der Waals surface area contributed by atoms with Gasteiger partial charge in [-0.2, -0.15) is 0 Å². The maximum absolute atomic E-state index is 12.8. The maximum Gasteiger partial charge on any atom is 0.414 e. The molecule has 31 heavy (non-hydrogen) atoms. The fourth-order valence-corrected chi connectivity index (χ4v) is 4.63. The monoisotopic (exact) mass is 444 g/mol. The lowest BCUT2D eigenvalue weighted by Crippen LogP contribution is -2.51. The second-order valence-corrected chi connectivity index (χ2v) is 10.2. The third-order valence-corrected chi connectivity index (χ3v) is 6.99. The van der Waals surface area contributed by atoms with Gasteiger partial charge >= 0.3 is 6.09 Å². The maximum atomic E-state index is 12.8. The van der Waals surface area contributed by atoms with Crippen LogP contribution >= 0.6 is 0 Å². The summed E-state index contributed by atoms with van der Waals surface area (Å²) in [5.41, 5.74) is 2.84. The van der Waals surface area contributed by atoms with Crippen molar-refractivity contribution in [2.45, 2.75) is 51.7 Å². The molecule has 2 aromatic rings. The number of carbonyl (C=O) groups is 2. The standard InChI is InChI=1S/C23H28N2O5S/c1-6-31(28,29)20-10-7-18(8-11-20)19-9-12-21-22(13-19)24(23(27)30-15(2)3)14-16(4)25(21)17(5)26/h7-13,15-16H,6,14H2,1-5H3/t16-/m0/s1. The molecule has 1 heterocycles. The highest BCUT2D eigenvalue weighted by Crippen LogP contribution is 2.39. The van der Waals surface area contributed by atoms with Gasteiger partial charge in [0.05, 0.1) is 34.2 Å². The summed E-state index contributed by atoms with van der Waals surface area (Å²) in [7, 11) is -3.28. The number of sulfone groups is 1. The Labute approximate surface area is 183 Å². The van der Waals surface area contributed by atoms with Crippen LogP contribution in [0.4, 0.5) is 16.2 Å². The summed E-state index contributed by atoms with van der Waals surface area (Å²) in [5, 5.41) is 0. The molecule has 7 nitrogen and oxygen atoms in total. The van der Waals surface area contributed by atoms with E-state index in [1.807, 2.05) is 25.1 Å². The highest BCUT2D eigenvalue weighted by Gasteiger charge is 2.34. The zero-order valence-corrected chi connectivity index (χ0v) is 19.3. The first-order valence-corrected chi connectivity index (χ1v) is 12.0. The minimum absolute atomic E-state index is 0.0389. The molecule has 1 aliphatic heterocycles. The van der Waals surface area contributed by atoms with Gasteiger partial charge in [-0.1, -0.05) is 25.1 Å². The van der Waals surface area contributed by atoms with Gasteiger partial charge in [-0.15, -0.1) is 0 Å². The number of fused-ring (bicyclic) bond motifs is 1. The van der Waals surface area contributed by atoms with E-state index in [0.29, 0.717) is 17.9 Å². The fraction of sp³-hybridized carbons (Fsp3) is 0.391. The van der Waals surface area contributed by atoms with E-state index in [-0.39, 0.29) is 28.7 Å². The van der Waals surface area contributed by atoms with Crippen LogP contribution in [0.2, 0.25) is 0 Å². The number of ether oxygens (including phenoxy) is 1. The quantitative estimate of drug-likeness (QED) is 0.704. The Morgan fingerprint density at radius 3 is 2.23 bits per heavy atom. The molecular formula is C23H28N2O5S. The van der Waals surface area contributed by atoms with E-state index in [2.05, 4.69) is 0 Å². The third kappa shape index (κ3) is 4.58. The molecule has 2 aromatic carbocycles. The summed E-state index contributed by atoms with van der Waals surface area (Å²) < 4.78 is 29.6. The van der Waals surface area contributed by atoms with E-state index in [1.165, 1.54) is 6.92 Å². The number of carbonyl (C=O) groups excluding carboxylic acids is 2. The summed E-state index contributed by atoms with van der Waals surface area (Å²) in [6.07, 6.45) is -0.735. The Bertz CT molecular complexity index is 1090. The zero-order valence-electron chi connectivity index (χ0n) is 18.5. The predicted molar refractivity (Wildman–Crippen MR) is 121 cm³/mol. The van der Waals surface area contributed by atoms with E-state index >= 15 is 0 Å². The Morgan fingerprint density at radius 1 is 1.06 bits per heavy atom. The second-order valence-electron chi connectivity index (χ2n) is 7.91. The van der Waals surface area contributed by atoms with Gasteiger partial charge < -0.3 is 9.64 Å². The van der Waals surface area contributed by atoms with E-state index in [0.717, 1.165) is 11.1 Å². The van der Waals surface area contributed by atoms with Gasteiger partial charge in [-0.3, -0.25) is 9.69 Å². The van der Waals surface area contributed by atoms with Gasteiger partial charge in [0.25, 0.3) is 0 Å². The summed E-state index contributed by atoms with van der Waals surface area (Å²) in [6, 6.07) is 12.0. The Morgan fingerprint density at radius 2 is 1.68 bits per heavy atom. The molecule has 0 saturated heterocycles. The topological polar surface area (TPSA) is 84.0 Å². The summed E-state index contributed by atoms with van der Waals surface area (Å²) in [6.45, 7) is 8.89. The predicted octanol–water partition coefficient (Wildman–Crippen LogP) is 4.25. The average molecular weight is 445 g/mol. The van der Waals surface area contributed by atoms with E-state index in [4.69, 9.17) is 4.74 Å². The molecule has 8 heteroatoms. The van der Waals surface area contributed by atoms with Crippen molar-refractivity contribution in [3.8, 4) is 11.1 Å². The normalized spacial score (nSPS) is 16.3. The van der Waals surface area contributed by atoms with Crippen molar-refractivity contribution in [2.75, 3.05) is 22.1 Å². The van der Waals surface area contributed by atoms with E-state index in [9.17, 15) is 18.0 Å². The third-order valence-electron chi connectivity index (χ3n) is 5.24. The summed E-state index contributed by atoms with van der Waals surface area (Å²) >= 11 is 0. The molecule has 0 bridgehead atoms. The van der Waals surface area contributed by atoms with Gasteiger partial charge in [0.1, 0.15) is 0 Å². The van der Waals surface area contributed by atoms with Crippen molar-refractivity contribution in [2.24, 2.45) is 0 Å². The Balaban J connectivity index is 2.07. The van der Waals surface area contributed by atoms with E-state index < -0.39 is 15.9 Å². The highest BCUT2D eigenvalue weighted by molar-refractivity contribution is 7.91. The van der Waals surface area contributed by atoms with Gasteiger partial charge in [-0.25, -0.2) is 13.2 Å². The molecule has 3 rings (SSSR count). The van der Waals surface area contributed by atoms with Crippen LogP contribution in [0.1, 0.15) is 34.6 Å². The van der Waals surface area contributed by atoms with Crippen molar-refractivity contribution in [1.29, 1.82) is 0 Å². The van der Waals surface area contributed by atoms with Crippen molar-refractivity contribution in [3.05, 3.63) is 42.5 Å². The molecule has 166 valence electrons. The lowest BCUT2D eigenvalue weighted by molar-refractivity contribution is -0.117. The van der Waals surface area contributed by atoms with Crippen LogP contribution in [0.5, 0.6) is 0 Å². The summed E-state index contributed by atoms with van der Waals surface area (Å²) in [4.78, 5) is 28.5. The molecule has 1 aliphatic rings. The van der Waals surface area contributed by atoms with Crippen LogP contribution in [0, 0.1) is 0 Å². The van der Waals surface area contributed by atoms with Gasteiger partial charge in [0.15, 0.2) is 9.84 Å². The molecule has 0 aromatic heterocycles. The molecule has 0 radical (unpaired) electrons. The second kappa shape index (κ2) is 8.70. The van der Waals surface area contributed by atoms with Crippen LogP contribution in [0.3, 0.4) is 0 Å². The molecule has 0 saturated carbocycles. The Kier molecular flexibility index (Phi) is 6.40. The number of hydrogen-bond acceptors (Lipinski definition) is 5. The van der Waals surface area contributed by atoms with Crippen molar-refractivity contribution in [3.63, 3.8) is 0 Å². The van der Waals surface area contributed by atoms with Crippen molar-refractivity contribution >= 4 is 33.2 Å². The van der Waals surface area contributed by atoms with Crippen LogP contribution < -0.4 is 9.80 Å². The molecule has 0 fully saturated rings. The number of amides is 2. The molecule has 0 unspecified atom stereocenters. The van der Waals surface area contributed by atoms with Gasteiger partial charge in [0.2, 0.25) is 5.91 Å². The van der Waals surface area contributed by atoms with E-state index in [1.54, 1.807) is 54.8 Å². The lowest BCUT2D eigenvalue weighted by atomic mass is 10.0. The average Bonchev–Trinajstić information content (AvgIpc) is 2.72. The first-order valence-electron chi connectivity index (χ1n) is 10.3. The largest absolute Gasteiger partial charge is 0.446 e. The zero-order chi connectivity index (χ0) is 22.9.